The van der Waals surface area contributed by atoms with Gasteiger partial charge in [0.25, 0.3) is 0 Å². The van der Waals surface area contributed by atoms with Gasteiger partial charge >= 0.3 is 0 Å². The lowest BCUT2D eigenvalue weighted by atomic mass is 9.96. The fraction of sp³-hybridized carbons (Fsp3) is 0.273. The van der Waals surface area contributed by atoms with Crippen molar-refractivity contribution in [3.63, 3.8) is 0 Å². The molecule has 1 atom stereocenters. The van der Waals surface area contributed by atoms with Gasteiger partial charge in [-0.3, -0.25) is 0 Å². The van der Waals surface area contributed by atoms with Crippen LogP contribution >= 0.6 is 0 Å². The molecule has 0 aliphatic heterocycles. The van der Waals surface area contributed by atoms with E-state index in [2.05, 4.69) is 11.8 Å². The maximum atomic E-state index is 13.2. The molecule has 13 heavy (non-hydrogen) atoms. The van der Waals surface area contributed by atoms with Crippen LogP contribution in [0.5, 0.6) is 0 Å². The van der Waals surface area contributed by atoms with Gasteiger partial charge in [-0.15, -0.1) is 5.92 Å². The van der Waals surface area contributed by atoms with Gasteiger partial charge in [0, 0.05) is 5.56 Å². The molecule has 1 unspecified atom stereocenters. The molecule has 68 valence electrons. The van der Waals surface area contributed by atoms with Crippen LogP contribution in [0.15, 0.2) is 24.3 Å². The first-order chi connectivity index (χ1) is 6.08. The average Bonchev–Trinajstić information content (AvgIpc) is 2.04. The third-order valence-electron chi connectivity index (χ3n) is 1.77. The SMILES string of the molecule is CC#CC(C)(O)c1ccccc1F. The number of rotatable bonds is 1. The molecule has 0 aliphatic rings. The summed E-state index contributed by atoms with van der Waals surface area (Å²) in [7, 11) is 0. The predicted molar refractivity (Wildman–Crippen MR) is 49.4 cm³/mol. The van der Waals surface area contributed by atoms with Gasteiger partial charge in [-0.2, -0.15) is 0 Å². The van der Waals surface area contributed by atoms with Gasteiger partial charge in [0.05, 0.1) is 0 Å². The molecule has 0 heterocycles. The molecule has 0 fully saturated rings. The van der Waals surface area contributed by atoms with Crippen LogP contribution in [0, 0.1) is 17.7 Å². The van der Waals surface area contributed by atoms with E-state index in [4.69, 9.17) is 0 Å². The van der Waals surface area contributed by atoms with Gasteiger partial charge in [-0.25, -0.2) is 4.39 Å². The third-order valence-corrected chi connectivity index (χ3v) is 1.77. The number of hydrogen-bond donors (Lipinski definition) is 1. The standard InChI is InChI=1S/C11H11FO/c1-3-8-11(2,13)9-6-4-5-7-10(9)12/h4-7,13H,1-2H3. The fourth-order valence-corrected chi connectivity index (χ4v) is 1.17. The van der Waals surface area contributed by atoms with Gasteiger partial charge < -0.3 is 5.11 Å². The Labute approximate surface area is 77.2 Å². The number of benzene rings is 1. The van der Waals surface area contributed by atoms with Crippen LogP contribution in [0.4, 0.5) is 4.39 Å². The molecule has 0 spiro atoms. The Bertz CT molecular complexity index is 358. The van der Waals surface area contributed by atoms with Crippen LogP contribution in [-0.4, -0.2) is 5.11 Å². The Morgan fingerprint density at radius 1 is 1.38 bits per heavy atom. The summed E-state index contributed by atoms with van der Waals surface area (Å²) in [6.45, 7) is 3.08. The monoisotopic (exact) mass is 178 g/mol. The lowest BCUT2D eigenvalue weighted by molar-refractivity contribution is 0.117. The van der Waals surface area contributed by atoms with E-state index >= 15 is 0 Å². The molecule has 0 saturated carbocycles. The highest BCUT2D eigenvalue weighted by Crippen LogP contribution is 2.21. The summed E-state index contributed by atoms with van der Waals surface area (Å²) in [6.07, 6.45) is 0. The normalized spacial score (nSPS) is 14.2. The van der Waals surface area contributed by atoms with Gasteiger partial charge in [-0.1, -0.05) is 24.1 Å². The van der Waals surface area contributed by atoms with Crippen molar-refractivity contribution in [2.75, 3.05) is 0 Å². The van der Waals surface area contributed by atoms with Crippen LogP contribution in [0.3, 0.4) is 0 Å². The minimum absolute atomic E-state index is 0.212. The minimum atomic E-state index is -1.40. The first-order valence-electron chi connectivity index (χ1n) is 3.99. The van der Waals surface area contributed by atoms with Crippen molar-refractivity contribution in [1.29, 1.82) is 0 Å². The first-order valence-corrected chi connectivity index (χ1v) is 3.99. The Morgan fingerprint density at radius 2 is 2.00 bits per heavy atom. The first kappa shape index (κ1) is 9.76. The van der Waals surface area contributed by atoms with Gasteiger partial charge in [-0.05, 0) is 19.9 Å². The summed E-state index contributed by atoms with van der Waals surface area (Å²) in [5.74, 6) is 4.68. The van der Waals surface area contributed by atoms with E-state index in [9.17, 15) is 9.50 Å². The lowest BCUT2D eigenvalue weighted by Crippen LogP contribution is -2.20. The summed E-state index contributed by atoms with van der Waals surface area (Å²) in [6, 6.07) is 6.08. The molecular weight excluding hydrogens is 167 g/mol. The molecule has 1 rings (SSSR count). The second-order valence-corrected chi connectivity index (χ2v) is 2.93. The summed E-state index contributed by atoms with van der Waals surface area (Å²) < 4.78 is 13.2. The highest BCUT2D eigenvalue weighted by atomic mass is 19.1. The van der Waals surface area contributed by atoms with Crippen LogP contribution < -0.4 is 0 Å². The Balaban J connectivity index is 3.19. The van der Waals surface area contributed by atoms with E-state index in [-0.39, 0.29) is 5.56 Å². The Hall–Kier alpha value is -1.33. The zero-order valence-corrected chi connectivity index (χ0v) is 7.63. The third kappa shape index (κ3) is 2.07. The number of halogens is 1. The van der Waals surface area contributed by atoms with E-state index in [1.165, 1.54) is 19.1 Å². The van der Waals surface area contributed by atoms with Gasteiger partial charge in [0.2, 0.25) is 0 Å². The lowest BCUT2D eigenvalue weighted by Gasteiger charge is -2.17. The van der Waals surface area contributed by atoms with Gasteiger partial charge in [0.15, 0.2) is 5.60 Å². The van der Waals surface area contributed by atoms with E-state index < -0.39 is 11.4 Å². The highest BCUT2D eigenvalue weighted by molar-refractivity contribution is 5.31. The molecule has 0 amide bonds. The topological polar surface area (TPSA) is 20.2 Å². The predicted octanol–water partition coefficient (Wildman–Crippen LogP) is 2.06. The van der Waals surface area contributed by atoms with E-state index in [1.807, 2.05) is 0 Å². The molecule has 0 bridgehead atoms. The van der Waals surface area contributed by atoms with Crippen molar-refractivity contribution in [3.05, 3.63) is 35.6 Å². The summed E-state index contributed by atoms with van der Waals surface area (Å²) in [5, 5.41) is 9.75. The average molecular weight is 178 g/mol. The van der Waals surface area contributed by atoms with E-state index in [0.717, 1.165) is 0 Å². The van der Waals surface area contributed by atoms with Crippen LogP contribution in [0.1, 0.15) is 19.4 Å². The van der Waals surface area contributed by atoms with Crippen molar-refractivity contribution in [3.8, 4) is 11.8 Å². The van der Waals surface area contributed by atoms with Crippen molar-refractivity contribution < 1.29 is 9.50 Å². The van der Waals surface area contributed by atoms with Crippen molar-refractivity contribution in [2.45, 2.75) is 19.4 Å². The Morgan fingerprint density at radius 3 is 2.54 bits per heavy atom. The molecule has 0 radical (unpaired) electrons. The number of hydrogen-bond acceptors (Lipinski definition) is 1. The molecule has 1 aromatic rings. The molecule has 1 aromatic carbocycles. The fourth-order valence-electron chi connectivity index (χ4n) is 1.17. The quantitative estimate of drug-likeness (QED) is 0.652. The molecule has 0 saturated heterocycles. The van der Waals surface area contributed by atoms with Crippen molar-refractivity contribution >= 4 is 0 Å². The maximum absolute atomic E-state index is 13.2. The van der Waals surface area contributed by atoms with Crippen LogP contribution in [0.2, 0.25) is 0 Å². The highest BCUT2D eigenvalue weighted by Gasteiger charge is 2.22. The number of aliphatic hydroxyl groups is 1. The molecule has 0 aromatic heterocycles. The smallest absolute Gasteiger partial charge is 0.150 e. The van der Waals surface area contributed by atoms with E-state index in [0.29, 0.717) is 0 Å². The van der Waals surface area contributed by atoms with Crippen LogP contribution in [0.25, 0.3) is 0 Å². The summed E-state index contributed by atoms with van der Waals surface area (Å²) in [5.41, 5.74) is -1.19. The molecule has 1 N–H and O–H groups in total. The second-order valence-electron chi connectivity index (χ2n) is 2.93. The zero-order valence-electron chi connectivity index (χ0n) is 7.63. The summed E-state index contributed by atoms with van der Waals surface area (Å²) >= 11 is 0. The minimum Gasteiger partial charge on any atom is -0.374 e. The van der Waals surface area contributed by atoms with Crippen molar-refractivity contribution in [1.82, 2.24) is 0 Å². The van der Waals surface area contributed by atoms with Crippen molar-refractivity contribution in [2.24, 2.45) is 0 Å². The zero-order chi connectivity index (χ0) is 9.90. The Kier molecular flexibility index (Phi) is 2.69. The van der Waals surface area contributed by atoms with E-state index in [1.54, 1.807) is 19.1 Å². The molecule has 2 heteroatoms. The maximum Gasteiger partial charge on any atom is 0.150 e. The molecule has 0 aliphatic carbocycles. The summed E-state index contributed by atoms with van der Waals surface area (Å²) in [4.78, 5) is 0. The van der Waals surface area contributed by atoms with Gasteiger partial charge in [0.1, 0.15) is 5.82 Å². The second kappa shape index (κ2) is 3.59. The van der Waals surface area contributed by atoms with Crippen LogP contribution in [-0.2, 0) is 5.60 Å². The molecule has 1 nitrogen and oxygen atoms in total. The molecular formula is C11H11FO. The largest absolute Gasteiger partial charge is 0.374 e.